The Morgan fingerprint density at radius 3 is 2.25 bits per heavy atom. The van der Waals surface area contributed by atoms with Crippen molar-refractivity contribution in [1.29, 1.82) is 5.26 Å². The number of nitrogens with zero attached hydrogens (tertiary/aromatic N) is 2. The van der Waals surface area contributed by atoms with Crippen LogP contribution in [0.25, 0.3) is 0 Å². The van der Waals surface area contributed by atoms with Crippen molar-refractivity contribution in [2.24, 2.45) is 0 Å². The fourth-order valence-corrected chi connectivity index (χ4v) is 5.28. The van der Waals surface area contributed by atoms with Crippen molar-refractivity contribution in [3.05, 3.63) is 29.6 Å². The number of ether oxygens (including phenoxy) is 3. The van der Waals surface area contributed by atoms with Crippen molar-refractivity contribution in [2.75, 3.05) is 0 Å². The summed E-state index contributed by atoms with van der Waals surface area (Å²) in [6.07, 6.45) is 7.44. The Morgan fingerprint density at radius 2 is 1.66 bits per heavy atom. The minimum Gasteiger partial charge on any atom is -0.489 e. The zero-order valence-electron chi connectivity index (χ0n) is 19.2. The Bertz CT molecular complexity index is 856. The molecule has 3 aliphatic rings. The van der Waals surface area contributed by atoms with Gasteiger partial charge in [-0.3, -0.25) is 0 Å². The lowest BCUT2D eigenvalue weighted by atomic mass is 9.93. The number of fused-ring (bicyclic) bond motifs is 2. The van der Waals surface area contributed by atoms with Crippen LogP contribution in [0.1, 0.15) is 77.7 Å². The average Bonchev–Trinajstić information content (AvgIpc) is 3.00. The van der Waals surface area contributed by atoms with Gasteiger partial charge in [-0.15, -0.1) is 0 Å². The summed E-state index contributed by atoms with van der Waals surface area (Å²) in [4.78, 5) is 14.6. The van der Waals surface area contributed by atoms with Crippen molar-refractivity contribution in [2.45, 2.75) is 108 Å². The highest BCUT2D eigenvalue weighted by Crippen LogP contribution is 2.39. The molecule has 7 heteroatoms. The first-order valence-corrected chi connectivity index (χ1v) is 11.7. The Labute approximate surface area is 189 Å². The Kier molecular flexibility index (Phi) is 6.62. The number of hydrogen-bond acceptors (Lipinski definition) is 5. The summed E-state index contributed by atoms with van der Waals surface area (Å²) in [6, 6.07) is 6.47. The number of carbonyl (C=O) groups excluding carboxylic acids is 1. The molecular formula is C25H33FN2O4. The predicted molar refractivity (Wildman–Crippen MR) is 117 cm³/mol. The van der Waals surface area contributed by atoms with Gasteiger partial charge in [-0.25, -0.2) is 9.18 Å². The number of nitriles is 1. The van der Waals surface area contributed by atoms with E-state index in [1.165, 1.54) is 18.2 Å². The van der Waals surface area contributed by atoms with Crippen LogP contribution in [0.4, 0.5) is 9.18 Å². The van der Waals surface area contributed by atoms with Gasteiger partial charge in [0.1, 0.15) is 23.2 Å². The van der Waals surface area contributed by atoms with E-state index in [4.69, 9.17) is 14.2 Å². The first-order valence-electron chi connectivity index (χ1n) is 11.7. The third-order valence-corrected chi connectivity index (χ3v) is 6.66. The zero-order valence-corrected chi connectivity index (χ0v) is 19.2. The summed E-state index contributed by atoms with van der Waals surface area (Å²) in [5, 5.41) is 9.20. The lowest BCUT2D eigenvalue weighted by Gasteiger charge is -2.41. The fraction of sp³-hybridized carbons (Fsp3) is 0.680. The molecule has 3 fully saturated rings. The molecule has 1 unspecified atom stereocenters. The number of amides is 1. The van der Waals surface area contributed by atoms with E-state index in [-0.39, 0.29) is 42.1 Å². The topological polar surface area (TPSA) is 71.8 Å². The minimum absolute atomic E-state index is 0.0117. The van der Waals surface area contributed by atoms with Gasteiger partial charge in [0.05, 0.1) is 23.9 Å². The zero-order chi connectivity index (χ0) is 22.9. The Balaban J connectivity index is 1.25. The van der Waals surface area contributed by atoms with Crippen LogP contribution in [-0.2, 0) is 9.47 Å². The fourth-order valence-electron chi connectivity index (χ4n) is 5.28. The number of carbonyl (C=O) groups is 1. The predicted octanol–water partition coefficient (Wildman–Crippen LogP) is 5.33. The molecule has 1 aliphatic carbocycles. The standard InChI is InChI=1S/C25H33FN2O4/c1-25(2,3)32-24(29)28-18-5-6-19(28)14-22(13-18)30-20-7-9-21(10-8-20)31-23-11-4-17(26)12-16(23)15-27/h4,11-12,18-22H,5-10,13-14H2,1-3H3/t18-,19+,20?,21?,22?. The smallest absolute Gasteiger partial charge is 0.410 e. The van der Waals surface area contributed by atoms with Crippen molar-refractivity contribution in [1.82, 2.24) is 4.90 Å². The largest absolute Gasteiger partial charge is 0.489 e. The molecule has 2 bridgehead atoms. The maximum atomic E-state index is 13.3. The Hall–Kier alpha value is -2.33. The monoisotopic (exact) mass is 444 g/mol. The van der Waals surface area contributed by atoms with Crippen LogP contribution >= 0.6 is 0 Å². The molecule has 1 amide bonds. The van der Waals surface area contributed by atoms with Crippen molar-refractivity contribution >= 4 is 6.09 Å². The molecule has 1 aromatic rings. The summed E-state index contributed by atoms with van der Waals surface area (Å²) in [7, 11) is 0. The van der Waals surface area contributed by atoms with Gasteiger partial charge >= 0.3 is 6.09 Å². The molecule has 2 heterocycles. The van der Waals surface area contributed by atoms with Crippen LogP contribution in [0.15, 0.2) is 18.2 Å². The molecule has 32 heavy (non-hydrogen) atoms. The summed E-state index contributed by atoms with van der Waals surface area (Å²) in [5.41, 5.74) is -0.248. The van der Waals surface area contributed by atoms with E-state index in [0.29, 0.717) is 5.75 Å². The van der Waals surface area contributed by atoms with E-state index < -0.39 is 11.4 Å². The van der Waals surface area contributed by atoms with Crippen LogP contribution in [0, 0.1) is 17.1 Å². The molecular weight excluding hydrogens is 411 g/mol. The summed E-state index contributed by atoms with van der Waals surface area (Å²) < 4.78 is 31.4. The highest BCUT2D eigenvalue weighted by Gasteiger charge is 2.45. The highest BCUT2D eigenvalue weighted by molar-refractivity contribution is 5.69. The molecule has 0 spiro atoms. The van der Waals surface area contributed by atoms with E-state index >= 15 is 0 Å². The SMILES string of the molecule is CC(C)(C)OC(=O)N1[C@@H]2CC[C@H]1CC(OC1CCC(Oc3ccc(F)cc3C#N)CC1)C2. The number of halogens is 1. The first-order chi connectivity index (χ1) is 15.2. The van der Waals surface area contributed by atoms with E-state index in [1.54, 1.807) is 0 Å². The van der Waals surface area contributed by atoms with Gasteiger partial charge in [0.2, 0.25) is 0 Å². The number of piperidine rings is 1. The van der Waals surface area contributed by atoms with E-state index in [1.807, 2.05) is 31.7 Å². The molecule has 1 saturated carbocycles. The second-order valence-corrected chi connectivity index (χ2v) is 10.3. The van der Waals surface area contributed by atoms with Gasteiger partial charge in [-0.05, 0) is 90.3 Å². The molecule has 2 aliphatic heterocycles. The van der Waals surface area contributed by atoms with Gasteiger partial charge in [-0.2, -0.15) is 5.26 Å². The van der Waals surface area contributed by atoms with Crippen LogP contribution < -0.4 is 4.74 Å². The van der Waals surface area contributed by atoms with Crippen LogP contribution in [0.2, 0.25) is 0 Å². The lowest BCUT2D eigenvalue weighted by molar-refractivity contribution is -0.0812. The normalized spacial score (nSPS) is 30.0. The number of hydrogen-bond donors (Lipinski definition) is 0. The summed E-state index contributed by atoms with van der Waals surface area (Å²) in [6.45, 7) is 5.71. The van der Waals surface area contributed by atoms with Crippen LogP contribution in [0.3, 0.4) is 0 Å². The van der Waals surface area contributed by atoms with Crippen molar-refractivity contribution in [3.8, 4) is 11.8 Å². The van der Waals surface area contributed by atoms with Gasteiger partial charge in [-0.1, -0.05) is 0 Å². The molecule has 6 nitrogen and oxygen atoms in total. The Morgan fingerprint density at radius 1 is 1.03 bits per heavy atom. The van der Waals surface area contributed by atoms with Gasteiger partial charge < -0.3 is 19.1 Å². The van der Waals surface area contributed by atoms with E-state index in [0.717, 1.165) is 51.4 Å². The molecule has 2 saturated heterocycles. The third-order valence-electron chi connectivity index (χ3n) is 6.66. The molecule has 0 N–H and O–H groups in total. The van der Waals surface area contributed by atoms with E-state index in [9.17, 15) is 14.4 Å². The first kappa shape index (κ1) is 22.8. The van der Waals surface area contributed by atoms with Gasteiger partial charge in [0.25, 0.3) is 0 Å². The highest BCUT2D eigenvalue weighted by atomic mass is 19.1. The van der Waals surface area contributed by atoms with Crippen molar-refractivity contribution in [3.63, 3.8) is 0 Å². The van der Waals surface area contributed by atoms with Gasteiger partial charge in [0, 0.05) is 12.1 Å². The minimum atomic E-state index is -0.480. The maximum Gasteiger partial charge on any atom is 0.410 e. The van der Waals surface area contributed by atoms with Gasteiger partial charge in [0.15, 0.2) is 0 Å². The molecule has 0 aromatic heterocycles. The number of rotatable bonds is 4. The lowest BCUT2D eigenvalue weighted by Crippen LogP contribution is -2.50. The third kappa shape index (κ3) is 5.35. The second-order valence-electron chi connectivity index (χ2n) is 10.3. The molecule has 1 aromatic carbocycles. The molecule has 3 atom stereocenters. The second kappa shape index (κ2) is 9.27. The van der Waals surface area contributed by atoms with Crippen LogP contribution in [0.5, 0.6) is 5.75 Å². The number of benzene rings is 1. The molecule has 4 rings (SSSR count). The van der Waals surface area contributed by atoms with Crippen molar-refractivity contribution < 1.29 is 23.4 Å². The maximum absolute atomic E-state index is 13.3. The summed E-state index contributed by atoms with van der Waals surface area (Å²) >= 11 is 0. The van der Waals surface area contributed by atoms with E-state index in [2.05, 4.69) is 0 Å². The quantitative estimate of drug-likeness (QED) is 0.627. The molecule has 174 valence electrons. The van der Waals surface area contributed by atoms with Crippen LogP contribution in [-0.4, -0.2) is 47.0 Å². The average molecular weight is 445 g/mol. The molecule has 0 radical (unpaired) electrons. The summed E-state index contributed by atoms with van der Waals surface area (Å²) in [5.74, 6) is 0.0158.